The lowest BCUT2D eigenvalue weighted by molar-refractivity contribution is 0.218. The summed E-state index contributed by atoms with van der Waals surface area (Å²) in [6, 6.07) is 25.8. The monoisotopic (exact) mass is 415 g/mol. The molecule has 0 aliphatic heterocycles. The summed E-state index contributed by atoms with van der Waals surface area (Å²) < 4.78 is 7.31. The van der Waals surface area contributed by atoms with Crippen molar-refractivity contribution in [1.82, 2.24) is 4.98 Å². The van der Waals surface area contributed by atoms with Crippen LogP contribution in [0.4, 0.5) is 0 Å². The second-order valence-electron chi connectivity index (χ2n) is 8.85. The molecule has 1 unspecified atom stereocenters. The van der Waals surface area contributed by atoms with Gasteiger partial charge in [-0.15, -0.1) is 0 Å². The standard InChI is InChI=1S/C27H33NOSi/c1-6-26(22(2)20-23-14-13-19-28-21-23)29-30(27(3,4)5,24-15-9-7-10-16-24)25-17-11-8-12-18-25/h7-21,26H,6H2,1-5H3. The third kappa shape index (κ3) is 4.63. The molecule has 156 valence electrons. The van der Waals surface area contributed by atoms with E-state index in [2.05, 4.69) is 112 Å². The third-order valence-electron chi connectivity index (χ3n) is 5.69. The average molecular weight is 416 g/mol. The SMILES string of the molecule is CCC(O[Si](c1ccccc1)(c1ccccc1)C(C)(C)C)C(C)=Cc1cccnc1. The Morgan fingerprint density at radius 2 is 1.50 bits per heavy atom. The van der Waals surface area contributed by atoms with E-state index in [0.29, 0.717) is 0 Å². The highest BCUT2D eigenvalue weighted by atomic mass is 28.4. The number of benzene rings is 2. The number of aromatic nitrogens is 1. The molecule has 3 aromatic rings. The summed E-state index contributed by atoms with van der Waals surface area (Å²) in [5.74, 6) is 0. The summed E-state index contributed by atoms with van der Waals surface area (Å²) in [4.78, 5) is 4.26. The zero-order chi connectivity index (χ0) is 21.6. The molecule has 0 spiro atoms. The molecule has 0 aliphatic rings. The lowest BCUT2D eigenvalue weighted by Gasteiger charge is -2.45. The Balaban J connectivity index is 2.13. The van der Waals surface area contributed by atoms with Gasteiger partial charge in [-0.3, -0.25) is 4.98 Å². The molecule has 3 heteroatoms. The van der Waals surface area contributed by atoms with Crippen molar-refractivity contribution in [2.45, 2.75) is 52.2 Å². The van der Waals surface area contributed by atoms with Gasteiger partial charge in [0.25, 0.3) is 8.32 Å². The summed E-state index contributed by atoms with van der Waals surface area (Å²) in [6.07, 6.45) is 6.88. The maximum atomic E-state index is 7.31. The molecular weight excluding hydrogens is 382 g/mol. The molecule has 0 amide bonds. The Kier molecular flexibility index (Phi) is 7.06. The normalized spacial score (nSPS) is 13.8. The summed E-state index contributed by atoms with van der Waals surface area (Å²) in [6.45, 7) is 11.4. The Bertz CT molecular complexity index is 907. The van der Waals surface area contributed by atoms with Gasteiger partial charge in [0.15, 0.2) is 0 Å². The number of rotatable bonds is 7. The van der Waals surface area contributed by atoms with Gasteiger partial charge in [0.1, 0.15) is 0 Å². The number of hydrogen-bond donors (Lipinski definition) is 0. The first-order valence-corrected chi connectivity index (χ1v) is 12.7. The lowest BCUT2D eigenvalue weighted by atomic mass is 10.1. The molecule has 30 heavy (non-hydrogen) atoms. The van der Waals surface area contributed by atoms with Crippen molar-refractivity contribution in [3.05, 3.63) is 96.3 Å². The number of hydrogen-bond acceptors (Lipinski definition) is 2. The Morgan fingerprint density at radius 3 is 1.93 bits per heavy atom. The van der Waals surface area contributed by atoms with Crippen LogP contribution in [0.1, 0.15) is 46.6 Å². The highest BCUT2D eigenvalue weighted by Gasteiger charge is 2.51. The van der Waals surface area contributed by atoms with Gasteiger partial charge >= 0.3 is 0 Å². The van der Waals surface area contributed by atoms with Gasteiger partial charge in [-0.05, 0) is 46.0 Å². The van der Waals surface area contributed by atoms with E-state index in [4.69, 9.17) is 4.43 Å². The highest BCUT2D eigenvalue weighted by molar-refractivity contribution is 6.99. The number of nitrogens with zero attached hydrogens (tertiary/aromatic N) is 1. The maximum Gasteiger partial charge on any atom is 0.261 e. The van der Waals surface area contributed by atoms with Gasteiger partial charge in [0, 0.05) is 12.4 Å². The van der Waals surface area contributed by atoms with E-state index in [9.17, 15) is 0 Å². The minimum Gasteiger partial charge on any atom is -0.401 e. The minimum atomic E-state index is -2.57. The van der Waals surface area contributed by atoms with Gasteiger partial charge in [-0.2, -0.15) is 0 Å². The van der Waals surface area contributed by atoms with Gasteiger partial charge in [-0.1, -0.05) is 101 Å². The lowest BCUT2D eigenvalue weighted by Crippen LogP contribution is -2.67. The molecular formula is C27H33NOSi. The van der Waals surface area contributed by atoms with Gasteiger partial charge < -0.3 is 4.43 Å². The molecule has 0 aliphatic carbocycles. The second kappa shape index (κ2) is 9.54. The largest absolute Gasteiger partial charge is 0.401 e. The zero-order valence-corrected chi connectivity index (χ0v) is 19.8. The molecule has 0 saturated heterocycles. The van der Waals surface area contributed by atoms with Crippen molar-refractivity contribution in [2.24, 2.45) is 0 Å². The molecule has 1 aromatic heterocycles. The Morgan fingerprint density at radius 1 is 0.933 bits per heavy atom. The van der Waals surface area contributed by atoms with Gasteiger partial charge in [0.05, 0.1) is 6.10 Å². The Hall–Kier alpha value is -2.49. The molecule has 2 aromatic carbocycles. The van der Waals surface area contributed by atoms with Crippen LogP contribution in [0.25, 0.3) is 6.08 Å². The first-order valence-electron chi connectivity index (χ1n) is 10.8. The molecule has 2 nitrogen and oxygen atoms in total. The van der Waals surface area contributed by atoms with Crippen molar-refractivity contribution >= 4 is 24.8 Å². The summed E-state index contributed by atoms with van der Waals surface area (Å²) in [5, 5.41) is 2.60. The van der Waals surface area contributed by atoms with Crippen molar-refractivity contribution in [3.8, 4) is 0 Å². The number of pyridine rings is 1. The first-order chi connectivity index (χ1) is 14.4. The van der Waals surface area contributed by atoms with Crippen molar-refractivity contribution in [2.75, 3.05) is 0 Å². The fourth-order valence-corrected chi connectivity index (χ4v) is 9.01. The van der Waals surface area contributed by atoms with Crippen molar-refractivity contribution < 1.29 is 4.43 Å². The van der Waals surface area contributed by atoms with E-state index in [1.807, 2.05) is 18.5 Å². The summed E-state index contributed by atoms with van der Waals surface area (Å²) in [7, 11) is -2.57. The van der Waals surface area contributed by atoms with Crippen molar-refractivity contribution in [1.29, 1.82) is 0 Å². The topological polar surface area (TPSA) is 22.1 Å². The van der Waals surface area contributed by atoms with E-state index in [1.54, 1.807) is 0 Å². The summed E-state index contributed by atoms with van der Waals surface area (Å²) >= 11 is 0. The molecule has 0 N–H and O–H groups in total. The quantitative estimate of drug-likeness (QED) is 0.452. The highest BCUT2D eigenvalue weighted by Crippen LogP contribution is 2.38. The maximum absolute atomic E-state index is 7.31. The fourth-order valence-electron chi connectivity index (χ4n) is 4.22. The van der Waals surface area contributed by atoms with E-state index >= 15 is 0 Å². The first kappa shape index (κ1) is 22.2. The van der Waals surface area contributed by atoms with E-state index in [-0.39, 0.29) is 11.1 Å². The van der Waals surface area contributed by atoms with Crippen LogP contribution in [0.2, 0.25) is 5.04 Å². The second-order valence-corrected chi connectivity index (χ2v) is 13.1. The van der Waals surface area contributed by atoms with Crippen LogP contribution in [0, 0.1) is 0 Å². The van der Waals surface area contributed by atoms with Crippen LogP contribution in [-0.2, 0) is 4.43 Å². The van der Waals surface area contributed by atoms with Gasteiger partial charge in [-0.25, -0.2) is 0 Å². The van der Waals surface area contributed by atoms with Crippen LogP contribution >= 0.6 is 0 Å². The van der Waals surface area contributed by atoms with E-state index in [0.717, 1.165) is 12.0 Å². The predicted octanol–water partition coefficient (Wildman–Crippen LogP) is 5.84. The molecule has 1 atom stereocenters. The molecule has 3 rings (SSSR count). The van der Waals surface area contributed by atoms with Crippen LogP contribution in [-0.4, -0.2) is 19.4 Å². The molecule has 0 saturated carbocycles. The molecule has 0 fully saturated rings. The van der Waals surface area contributed by atoms with Crippen LogP contribution in [0.5, 0.6) is 0 Å². The minimum absolute atomic E-state index is 0.0301. The zero-order valence-electron chi connectivity index (χ0n) is 18.8. The van der Waals surface area contributed by atoms with E-state index < -0.39 is 8.32 Å². The van der Waals surface area contributed by atoms with Crippen LogP contribution in [0.15, 0.2) is 90.8 Å². The van der Waals surface area contributed by atoms with Gasteiger partial charge in [0.2, 0.25) is 0 Å². The fraction of sp³-hybridized carbons (Fsp3) is 0.296. The predicted molar refractivity (Wildman–Crippen MR) is 131 cm³/mol. The Labute approximate surface area is 182 Å². The van der Waals surface area contributed by atoms with Crippen molar-refractivity contribution in [3.63, 3.8) is 0 Å². The van der Waals surface area contributed by atoms with E-state index in [1.165, 1.54) is 15.9 Å². The molecule has 1 heterocycles. The molecule has 0 radical (unpaired) electrons. The average Bonchev–Trinajstić information content (AvgIpc) is 2.75. The summed E-state index contributed by atoms with van der Waals surface area (Å²) in [5.41, 5.74) is 2.35. The van der Waals surface area contributed by atoms with Crippen LogP contribution < -0.4 is 10.4 Å². The molecule has 0 bridgehead atoms. The van der Waals surface area contributed by atoms with Crippen LogP contribution in [0.3, 0.4) is 0 Å². The smallest absolute Gasteiger partial charge is 0.261 e. The third-order valence-corrected chi connectivity index (χ3v) is 10.7.